The van der Waals surface area contributed by atoms with Crippen LogP contribution < -0.4 is 20.9 Å². The lowest BCUT2D eigenvalue weighted by Gasteiger charge is -2.09. The molecule has 12 nitrogen and oxygen atoms in total. The second-order valence-corrected chi connectivity index (χ2v) is 6.22. The van der Waals surface area contributed by atoms with E-state index < -0.39 is 35.2 Å². The molecule has 32 heavy (non-hydrogen) atoms. The third-order valence-electron chi connectivity index (χ3n) is 3.95. The second-order valence-electron chi connectivity index (χ2n) is 6.22. The maximum absolute atomic E-state index is 12.0. The summed E-state index contributed by atoms with van der Waals surface area (Å²) < 4.78 is 9.72. The Bertz CT molecular complexity index is 1010. The zero-order valence-electron chi connectivity index (χ0n) is 17.0. The van der Waals surface area contributed by atoms with E-state index in [2.05, 4.69) is 16.2 Å². The number of esters is 1. The molecular weight excluding hydrogens is 424 g/mol. The van der Waals surface area contributed by atoms with Gasteiger partial charge in [-0.25, -0.2) is 0 Å². The topological polar surface area (TPSA) is 166 Å². The number of carbonyl (C=O) groups is 4. The Hall–Kier alpha value is -4.48. The van der Waals surface area contributed by atoms with E-state index in [0.717, 1.165) is 6.07 Å². The smallest absolute Gasteiger partial charge is 0.306 e. The summed E-state index contributed by atoms with van der Waals surface area (Å²) in [6.07, 6.45) is -0.642. The number of nitro groups is 1. The zero-order chi connectivity index (χ0) is 23.5. The van der Waals surface area contributed by atoms with Crippen molar-refractivity contribution in [3.8, 4) is 5.75 Å². The number of hydrogen-bond acceptors (Lipinski definition) is 8. The van der Waals surface area contributed by atoms with E-state index >= 15 is 0 Å². The number of hydrogen-bond donors (Lipinski definition) is 3. The highest BCUT2D eigenvalue weighted by Crippen LogP contribution is 2.28. The summed E-state index contributed by atoms with van der Waals surface area (Å²) in [6, 6.07) is 12.0. The molecule has 12 heteroatoms. The molecule has 0 aliphatic rings. The van der Waals surface area contributed by atoms with Crippen LogP contribution in [0.1, 0.15) is 23.2 Å². The number of benzene rings is 2. The predicted octanol–water partition coefficient (Wildman–Crippen LogP) is 1.33. The fourth-order valence-electron chi connectivity index (χ4n) is 2.37. The first kappa shape index (κ1) is 23.8. The van der Waals surface area contributed by atoms with Crippen LogP contribution in [-0.2, 0) is 19.1 Å². The summed E-state index contributed by atoms with van der Waals surface area (Å²) in [6.45, 7) is -0.709. The molecule has 0 fully saturated rings. The minimum Gasteiger partial charge on any atom is -0.497 e. The minimum absolute atomic E-state index is 0.121. The fourth-order valence-corrected chi connectivity index (χ4v) is 2.37. The predicted molar refractivity (Wildman–Crippen MR) is 111 cm³/mol. The number of rotatable bonds is 9. The molecule has 2 aromatic carbocycles. The Labute approximate surface area is 182 Å². The number of ether oxygens (including phenoxy) is 2. The van der Waals surface area contributed by atoms with Crippen molar-refractivity contribution >= 4 is 35.1 Å². The first-order valence-electron chi connectivity index (χ1n) is 9.22. The molecule has 0 aromatic heterocycles. The Morgan fingerprint density at radius 2 is 1.69 bits per heavy atom. The molecule has 2 rings (SSSR count). The van der Waals surface area contributed by atoms with Gasteiger partial charge >= 0.3 is 5.97 Å². The quantitative estimate of drug-likeness (QED) is 0.296. The molecule has 0 atom stereocenters. The van der Waals surface area contributed by atoms with Gasteiger partial charge in [0.2, 0.25) is 5.91 Å². The van der Waals surface area contributed by atoms with Gasteiger partial charge in [-0.2, -0.15) is 0 Å². The van der Waals surface area contributed by atoms with E-state index in [1.54, 1.807) is 30.3 Å². The van der Waals surface area contributed by atoms with E-state index in [0.29, 0.717) is 5.56 Å². The van der Waals surface area contributed by atoms with Gasteiger partial charge in [-0.3, -0.25) is 40.1 Å². The third kappa shape index (κ3) is 7.40. The van der Waals surface area contributed by atoms with Crippen LogP contribution in [-0.4, -0.2) is 42.3 Å². The molecule has 0 aliphatic heterocycles. The molecule has 0 saturated carbocycles. The summed E-state index contributed by atoms with van der Waals surface area (Å²) in [5.41, 5.74) is 4.22. The van der Waals surface area contributed by atoms with Crippen LogP contribution in [0.15, 0.2) is 48.5 Å². The molecule has 2 aromatic rings. The summed E-state index contributed by atoms with van der Waals surface area (Å²) in [5, 5.41) is 13.3. The van der Waals surface area contributed by atoms with Crippen molar-refractivity contribution in [1.82, 2.24) is 10.9 Å². The first-order chi connectivity index (χ1) is 15.3. The van der Waals surface area contributed by atoms with Gasteiger partial charge in [0.1, 0.15) is 11.4 Å². The molecule has 0 saturated heterocycles. The lowest BCUT2D eigenvalue weighted by Crippen LogP contribution is -2.41. The first-order valence-corrected chi connectivity index (χ1v) is 9.22. The van der Waals surface area contributed by atoms with E-state index in [4.69, 9.17) is 9.47 Å². The monoisotopic (exact) mass is 444 g/mol. The fraction of sp³-hybridized carbons (Fsp3) is 0.200. The van der Waals surface area contributed by atoms with Gasteiger partial charge in [-0.15, -0.1) is 0 Å². The van der Waals surface area contributed by atoms with Crippen LogP contribution in [0.2, 0.25) is 0 Å². The number of hydrazine groups is 1. The Balaban J connectivity index is 1.73. The van der Waals surface area contributed by atoms with Gasteiger partial charge in [-0.1, -0.05) is 18.2 Å². The highest BCUT2D eigenvalue weighted by atomic mass is 16.6. The Kier molecular flexibility index (Phi) is 8.66. The molecule has 168 valence electrons. The minimum atomic E-state index is -0.843. The molecule has 0 radical (unpaired) electrons. The lowest BCUT2D eigenvalue weighted by atomic mass is 10.2. The van der Waals surface area contributed by atoms with Crippen LogP contribution in [0.5, 0.6) is 5.75 Å². The number of amides is 3. The van der Waals surface area contributed by atoms with Crippen LogP contribution in [0.25, 0.3) is 0 Å². The third-order valence-corrected chi connectivity index (χ3v) is 3.95. The highest BCUT2D eigenvalue weighted by molar-refractivity contribution is 5.96. The molecule has 0 heterocycles. The van der Waals surface area contributed by atoms with E-state index in [9.17, 15) is 29.3 Å². The van der Waals surface area contributed by atoms with Crippen molar-refractivity contribution in [3.05, 3.63) is 64.2 Å². The largest absolute Gasteiger partial charge is 0.497 e. The SMILES string of the molecule is COc1ccc([N+](=O)[O-])c(NC(=O)COC(=O)CCC(=O)NNC(=O)c2ccccc2)c1. The number of nitro benzene ring substituents is 1. The summed E-state index contributed by atoms with van der Waals surface area (Å²) >= 11 is 0. The van der Waals surface area contributed by atoms with Gasteiger partial charge in [0.15, 0.2) is 6.61 Å². The maximum atomic E-state index is 12.0. The Morgan fingerprint density at radius 3 is 2.34 bits per heavy atom. The normalized spacial score (nSPS) is 9.91. The zero-order valence-corrected chi connectivity index (χ0v) is 17.0. The maximum Gasteiger partial charge on any atom is 0.306 e. The van der Waals surface area contributed by atoms with Crippen LogP contribution in [0.3, 0.4) is 0 Å². The Morgan fingerprint density at radius 1 is 0.969 bits per heavy atom. The van der Waals surface area contributed by atoms with Crippen LogP contribution in [0.4, 0.5) is 11.4 Å². The summed E-state index contributed by atoms with van der Waals surface area (Å²) in [7, 11) is 1.36. The van der Waals surface area contributed by atoms with Gasteiger partial charge in [0, 0.05) is 24.1 Å². The van der Waals surface area contributed by atoms with Crippen LogP contribution in [0, 0.1) is 10.1 Å². The van der Waals surface area contributed by atoms with Gasteiger partial charge in [-0.05, 0) is 18.2 Å². The van der Waals surface area contributed by atoms with Gasteiger partial charge < -0.3 is 14.8 Å². The molecular formula is C20H20N4O8. The van der Waals surface area contributed by atoms with Crippen molar-refractivity contribution in [2.24, 2.45) is 0 Å². The van der Waals surface area contributed by atoms with Crippen molar-refractivity contribution in [3.63, 3.8) is 0 Å². The van der Waals surface area contributed by atoms with E-state index in [1.165, 1.54) is 19.2 Å². The highest BCUT2D eigenvalue weighted by Gasteiger charge is 2.18. The van der Waals surface area contributed by atoms with Gasteiger partial charge in [0.25, 0.3) is 17.5 Å². The number of anilines is 1. The second kappa shape index (κ2) is 11.6. The molecule has 0 bridgehead atoms. The van der Waals surface area contributed by atoms with Crippen molar-refractivity contribution in [2.45, 2.75) is 12.8 Å². The van der Waals surface area contributed by atoms with E-state index in [1.807, 2.05) is 0 Å². The lowest BCUT2D eigenvalue weighted by molar-refractivity contribution is -0.383. The molecule has 0 spiro atoms. The summed E-state index contributed by atoms with van der Waals surface area (Å²) in [5.74, 6) is -2.53. The van der Waals surface area contributed by atoms with E-state index in [-0.39, 0.29) is 30.0 Å². The number of nitrogens with zero attached hydrogens (tertiary/aromatic N) is 1. The molecule has 3 N–H and O–H groups in total. The van der Waals surface area contributed by atoms with Crippen molar-refractivity contribution < 1.29 is 33.6 Å². The standard InChI is InChI=1S/C20H20N4O8/c1-31-14-7-8-16(24(29)30)15(11-14)21-18(26)12-32-19(27)10-9-17(25)22-23-20(28)13-5-3-2-4-6-13/h2-8,11H,9-10,12H2,1H3,(H,21,26)(H,22,25)(H,23,28). The average Bonchev–Trinajstić information content (AvgIpc) is 2.80. The molecule has 3 amide bonds. The summed E-state index contributed by atoms with van der Waals surface area (Å²) in [4.78, 5) is 57.6. The van der Waals surface area contributed by atoms with Gasteiger partial charge in [0.05, 0.1) is 18.5 Å². The average molecular weight is 444 g/mol. The molecule has 0 aliphatic carbocycles. The molecule has 0 unspecified atom stereocenters. The number of carbonyl (C=O) groups excluding carboxylic acids is 4. The van der Waals surface area contributed by atoms with Crippen molar-refractivity contribution in [2.75, 3.05) is 19.0 Å². The number of nitrogens with one attached hydrogen (secondary N) is 3. The van der Waals surface area contributed by atoms with Crippen molar-refractivity contribution in [1.29, 1.82) is 0 Å². The van der Waals surface area contributed by atoms with Crippen LogP contribution >= 0.6 is 0 Å². The number of methoxy groups -OCH3 is 1.